The van der Waals surface area contributed by atoms with Crippen molar-refractivity contribution in [2.45, 2.75) is 51.6 Å². The summed E-state index contributed by atoms with van der Waals surface area (Å²) in [6.07, 6.45) is 11.2. The molecule has 2 aromatic heterocycles. The number of fused-ring (bicyclic) bond motifs is 1. The Morgan fingerprint density at radius 3 is 2.90 bits per heavy atom. The van der Waals surface area contributed by atoms with Gasteiger partial charge in [-0.25, -0.2) is 9.67 Å². The molecule has 0 spiro atoms. The molecule has 0 radical (unpaired) electrons. The molecule has 1 saturated carbocycles. The van der Waals surface area contributed by atoms with Gasteiger partial charge in [-0.2, -0.15) is 5.10 Å². The molecule has 1 aliphatic carbocycles. The zero-order chi connectivity index (χ0) is 14.7. The summed E-state index contributed by atoms with van der Waals surface area (Å²) in [7, 11) is 0. The van der Waals surface area contributed by atoms with Crippen molar-refractivity contribution >= 4 is 22.9 Å². The van der Waals surface area contributed by atoms with E-state index in [4.69, 9.17) is 5.21 Å². The van der Waals surface area contributed by atoms with Crippen LogP contribution < -0.4 is 5.32 Å². The van der Waals surface area contributed by atoms with Crippen LogP contribution in [0.5, 0.6) is 0 Å². The highest BCUT2D eigenvalue weighted by Gasteiger charge is 2.18. The number of pyridine rings is 1. The lowest BCUT2D eigenvalue weighted by atomic mass is 9.95. The molecule has 21 heavy (non-hydrogen) atoms. The summed E-state index contributed by atoms with van der Waals surface area (Å²) in [4.78, 5) is 4.44. The summed E-state index contributed by atoms with van der Waals surface area (Å²) in [6, 6.07) is 0.472. The van der Waals surface area contributed by atoms with Gasteiger partial charge >= 0.3 is 0 Å². The standard InChI is InChI=1S/C15H21N5O/c1-2-20-15-13(10-17-20)14(11(8-16-15)9-18-21)19-12-6-4-3-5-7-12/h8-10,12,21H,2-7H2,1H3,(H,16,19)/b18-9+. The molecule has 0 amide bonds. The van der Waals surface area contributed by atoms with E-state index in [0.29, 0.717) is 6.04 Å². The molecule has 2 heterocycles. The summed E-state index contributed by atoms with van der Waals surface area (Å²) in [6.45, 7) is 2.83. The number of aromatic nitrogens is 3. The van der Waals surface area contributed by atoms with Crippen molar-refractivity contribution in [1.82, 2.24) is 14.8 Å². The Kier molecular flexibility index (Phi) is 4.03. The van der Waals surface area contributed by atoms with E-state index in [0.717, 1.165) is 28.8 Å². The number of hydrogen-bond donors (Lipinski definition) is 2. The summed E-state index contributed by atoms with van der Waals surface area (Å²) < 4.78 is 1.88. The van der Waals surface area contributed by atoms with Gasteiger partial charge in [0.1, 0.15) is 0 Å². The van der Waals surface area contributed by atoms with Crippen LogP contribution in [0, 0.1) is 0 Å². The SMILES string of the molecule is CCn1ncc2c(NC3CCCCC3)c(/C=N/O)cnc21. The maximum Gasteiger partial charge on any atom is 0.159 e. The predicted molar refractivity (Wildman–Crippen MR) is 83.1 cm³/mol. The van der Waals surface area contributed by atoms with Gasteiger partial charge in [0.25, 0.3) is 0 Å². The predicted octanol–water partition coefficient (Wildman–Crippen LogP) is 3.00. The molecule has 0 bridgehead atoms. The Bertz CT molecular complexity index is 643. The first-order valence-electron chi connectivity index (χ1n) is 7.62. The van der Waals surface area contributed by atoms with Gasteiger partial charge in [-0.15, -0.1) is 0 Å². The molecule has 2 aromatic rings. The van der Waals surface area contributed by atoms with Gasteiger partial charge in [0.05, 0.1) is 23.5 Å². The van der Waals surface area contributed by atoms with Crippen LogP contribution in [-0.4, -0.2) is 32.2 Å². The number of rotatable bonds is 4. The second kappa shape index (κ2) is 6.11. The summed E-state index contributed by atoms with van der Waals surface area (Å²) in [5.74, 6) is 0. The molecule has 0 unspecified atom stereocenters. The lowest BCUT2D eigenvalue weighted by Crippen LogP contribution is -2.23. The van der Waals surface area contributed by atoms with E-state index >= 15 is 0 Å². The topological polar surface area (TPSA) is 75.3 Å². The molecule has 3 rings (SSSR count). The minimum Gasteiger partial charge on any atom is -0.411 e. The highest BCUT2D eigenvalue weighted by Crippen LogP contribution is 2.29. The number of nitrogens with one attached hydrogen (secondary N) is 1. The van der Waals surface area contributed by atoms with E-state index in [9.17, 15) is 0 Å². The van der Waals surface area contributed by atoms with Crippen LogP contribution in [0.15, 0.2) is 17.5 Å². The van der Waals surface area contributed by atoms with Crippen molar-refractivity contribution in [3.05, 3.63) is 18.0 Å². The Balaban J connectivity index is 2.02. The van der Waals surface area contributed by atoms with Gasteiger partial charge in [0.2, 0.25) is 0 Å². The number of oxime groups is 1. The van der Waals surface area contributed by atoms with Crippen LogP contribution in [0.1, 0.15) is 44.6 Å². The van der Waals surface area contributed by atoms with E-state index in [1.807, 2.05) is 17.8 Å². The van der Waals surface area contributed by atoms with Crippen molar-refractivity contribution in [3.63, 3.8) is 0 Å². The van der Waals surface area contributed by atoms with E-state index < -0.39 is 0 Å². The zero-order valence-corrected chi connectivity index (χ0v) is 12.3. The molecule has 0 aromatic carbocycles. The van der Waals surface area contributed by atoms with Gasteiger partial charge < -0.3 is 10.5 Å². The third-order valence-electron chi connectivity index (χ3n) is 4.15. The second-order valence-corrected chi connectivity index (χ2v) is 5.51. The van der Waals surface area contributed by atoms with Crippen LogP contribution in [-0.2, 0) is 6.54 Å². The largest absolute Gasteiger partial charge is 0.411 e. The molecule has 1 fully saturated rings. The summed E-state index contributed by atoms with van der Waals surface area (Å²) in [5.41, 5.74) is 2.64. The van der Waals surface area contributed by atoms with Gasteiger partial charge in [-0.3, -0.25) is 0 Å². The third-order valence-corrected chi connectivity index (χ3v) is 4.15. The maximum atomic E-state index is 8.87. The first kappa shape index (κ1) is 13.9. The normalized spacial score (nSPS) is 16.8. The van der Waals surface area contributed by atoms with Crippen molar-refractivity contribution in [2.24, 2.45) is 5.16 Å². The minimum atomic E-state index is 0.472. The molecular formula is C15H21N5O. The molecule has 0 saturated heterocycles. The molecule has 0 atom stereocenters. The lowest BCUT2D eigenvalue weighted by molar-refractivity contribution is 0.322. The van der Waals surface area contributed by atoms with Crippen LogP contribution in [0.4, 0.5) is 5.69 Å². The van der Waals surface area contributed by atoms with Gasteiger partial charge in [-0.05, 0) is 19.8 Å². The second-order valence-electron chi connectivity index (χ2n) is 5.51. The van der Waals surface area contributed by atoms with E-state index in [2.05, 4.69) is 20.6 Å². The Labute approximate surface area is 123 Å². The van der Waals surface area contributed by atoms with Crippen molar-refractivity contribution in [2.75, 3.05) is 5.32 Å². The number of aryl methyl sites for hydroxylation is 1. The van der Waals surface area contributed by atoms with Gasteiger partial charge in [0, 0.05) is 24.3 Å². The number of nitrogens with zero attached hydrogens (tertiary/aromatic N) is 4. The number of hydrogen-bond acceptors (Lipinski definition) is 5. The molecule has 2 N–H and O–H groups in total. The molecule has 6 heteroatoms. The molecular weight excluding hydrogens is 266 g/mol. The Morgan fingerprint density at radius 1 is 1.38 bits per heavy atom. The van der Waals surface area contributed by atoms with Crippen LogP contribution in [0.3, 0.4) is 0 Å². The quantitative estimate of drug-likeness (QED) is 0.515. The molecule has 6 nitrogen and oxygen atoms in total. The van der Waals surface area contributed by atoms with E-state index in [1.54, 1.807) is 6.20 Å². The number of anilines is 1. The van der Waals surface area contributed by atoms with Gasteiger partial charge in [0.15, 0.2) is 5.65 Å². The van der Waals surface area contributed by atoms with E-state index in [-0.39, 0.29) is 0 Å². The third kappa shape index (κ3) is 2.70. The summed E-state index contributed by atoms with van der Waals surface area (Å²) >= 11 is 0. The smallest absolute Gasteiger partial charge is 0.159 e. The minimum absolute atomic E-state index is 0.472. The lowest BCUT2D eigenvalue weighted by Gasteiger charge is -2.25. The molecule has 112 valence electrons. The van der Waals surface area contributed by atoms with Crippen molar-refractivity contribution in [1.29, 1.82) is 0 Å². The van der Waals surface area contributed by atoms with Crippen LogP contribution in [0.2, 0.25) is 0 Å². The van der Waals surface area contributed by atoms with Crippen LogP contribution in [0.25, 0.3) is 11.0 Å². The Hall–Kier alpha value is -2.11. The fourth-order valence-electron chi connectivity index (χ4n) is 3.05. The monoisotopic (exact) mass is 287 g/mol. The molecule has 1 aliphatic rings. The maximum absolute atomic E-state index is 8.87. The first-order valence-corrected chi connectivity index (χ1v) is 7.62. The summed E-state index contributed by atoms with van der Waals surface area (Å²) in [5, 5.41) is 21.0. The fraction of sp³-hybridized carbons (Fsp3) is 0.533. The fourth-order valence-corrected chi connectivity index (χ4v) is 3.05. The highest BCUT2D eigenvalue weighted by molar-refractivity contribution is 6.00. The average Bonchev–Trinajstić information content (AvgIpc) is 2.94. The first-order chi connectivity index (χ1) is 10.3. The van der Waals surface area contributed by atoms with Gasteiger partial charge in [-0.1, -0.05) is 24.4 Å². The van der Waals surface area contributed by atoms with E-state index in [1.165, 1.54) is 38.3 Å². The zero-order valence-electron chi connectivity index (χ0n) is 12.3. The van der Waals surface area contributed by atoms with Crippen molar-refractivity contribution in [3.8, 4) is 0 Å². The van der Waals surface area contributed by atoms with Crippen molar-refractivity contribution < 1.29 is 5.21 Å². The highest BCUT2D eigenvalue weighted by atomic mass is 16.4. The Morgan fingerprint density at radius 2 is 2.19 bits per heavy atom. The van der Waals surface area contributed by atoms with Crippen LogP contribution >= 0.6 is 0 Å². The molecule has 0 aliphatic heterocycles. The average molecular weight is 287 g/mol.